The van der Waals surface area contributed by atoms with Gasteiger partial charge in [-0.05, 0) is 57.2 Å². The Kier molecular flexibility index (Phi) is 6.57. The molecule has 5 nitrogen and oxygen atoms in total. The van der Waals surface area contributed by atoms with Crippen LogP contribution in [0.15, 0.2) is 48.5 Å². The number of nitrogens with one attached hydrogen (secondary N) is 1. The first-order valence-electron chi connectivity index (χ1n) is 8.38. The lowest BCUT2D eigenvalue weighted by Gasteiger charge is -2.27. The summed E-state index contributed by atoms with van der Waals surface area (Å²) in [4.78, 5) is 25.2. The van der Waals surface area contributed by atoms with E-state index >= 15 is 0 Å². The number of carbonyl (C=O) groups is 2. The molecular weight excluding hydrogens is 316 g/mol. The maximum Gasteiger partial charge on any atom is 0.262 e. The predicted molar refractivity (Wildman–Crippen MR) is 101 cm³/mol. The monoisotopic (exact) mass is 340 g/mol. The Hall–Kier alpha value is -2.82. The molecule has 1 amide bonds. The highest BCUT2D eigenvalue weighted by Crippen LogP contribution is 2.20. The number of rotatable bonds is 8. The molecule has 0 aromatic heterocycles. The van der Waals surface area contributed by atoms with E-state index < -0.39 is 0 Å². The number of ether oxygens (including phenoxy) is 1. The van der Waals surface area contributed by atoms with Gasteiger partial charge >= 0.3 is 0 Å². The van der Waals surface area contributed by atoms with Crippen LogP contribution >= 0.6 is 0 Å². The van der Waals surface area contributed by atoms with Crippen LogP contribution < -0.4 is 15.0 Å². The van der Waals surface area contributed by atoms with Crippen molar-refractivity contribution in [1.29, 1.82) is 0 Å². The lowest BCUT2D eigenvalue weighted by Crippen LogP contribution is -2.30. The summed E-state index contributed by atoms with van der Waals surface area (Å²) in [7, 11) is 0. The van der Waals surface area contributed by atoms with E-state index in [4.69, 9.17) is 4.74 Å². The number of amides is 1. The second-order valence-electron chi connectivity index (χ2n) is 5.92. The molecule has 0 aliphatic carbocycles. The maximum absolute atomic E-state index is 12.0. The fourth-order valence-electron chi connectivity index (χ4n) is 2.63. The van der Waals surface area contributed by atoms with Crippen molar-refractivity contribution in [1.82, 2.24) is 0 Å². The summed E-state index contributed by atoms with van der Waals surface area (Å²) < 4.78 is 5.42. The third-order valence-corrected chi connectivity index (χ3v) is 3.85. The summed E-state index contributed by atoms with van der Waals surface area (Å²) in [6.45, 7) is 7.18. The van der Waals surface area contributed by atoms with E-state index in [9.17, 15) is 9.59 Å². The first-order valence-corrected chi connectivity index (χ1v) is 8.38. The van der Waals surface area contributed by atoms with E-state index in [-0.39, 0.29) is 12.5 Å². The topological polar surface area (TPSA) is 58.6 Å². The largest absolute Gasteiger partial charge is 0.483 e. The van der Waals surface area contributed by atoms with Gasteiger partial charge in [-0.15, -0.1) is 0 Å². The second kappa shape index (κ2) is 8.87. The molecule has 0 unspecified atom stereocenters. The van der Waals surface area contributed by atoms with E-state index in [0.29, 0.717) is 29.3 Å². The van der Waals surface area contributed by atoms with Gasteiger partial charge in [-0.3, -0.25) is 9.59 Å². The number of carbonyl (C=O) groups excluding carboxylic acids is 2. The van der Waals surface area contributed by atoms with E-state index in [1.54, 1.807) is 24.3 Å². The molecule has 0 fully saturated rings. The molecule has 0 bridgehead atoms. The highest BCUT2D eigenvalue weighted by Gasteiger charge is 2.09. The van der Waals surface area contributed by atoms with Gasteiger partial charge < -0.3 is 15.0 Å². The highest BCUT2D eigenvalue weighted by molar-refractivity contribution is 5.92. The number of para-hydroxylation sites is 1. The highest BCUT2D eigenvalue weighted by atomic mass is 16.5. The number of benzene rings is 2. The lowest BCUT2D eigenvalue weighted by molar-refractivity contribution is -0.118. The van der Waals surface area contributed by atoms with Crippen molar-refractivity contribution in [3.8, 4) is 5.75 Å². The fourth-order valence-corrected chi connectivity index (χ4v) is 2.63. The zero-order valence-corrected chi connectivity index (χ0v) is 14.9. The summed E-state index contributed by atoms with van der Waals surface area (Å²) in [6.07, 6.45) is 0.709. The molecule has 2 rings (SSSR count). The first kappa shape index (κ1) is 18.5. The summed E-state index contributed by atoms with van der Waals surface area (Å²) >= 11 is 0. The molecule has 0 saturated heterocycles. The average molecular weight is 340 g/mol. The summed E-state index contributed by atoms with van der Waals surface area (Å²) in [5, 5.41) is 2.79. The number of anilines is 2. The molecule has 1 N–H and O–H groups in total. The number of hydrogen-bond donors (Lipinski definition) is 1. The van der Waals surface area contributed by atoms with Crippen molar-refractivity contribution in [3.05, 3.63) is 54.1 Å². The molecule has 0 saturated carbocycles. The predicted octanol–water partition coefficient (Wildman–Crippen LogP) is 3.75. The molecule has 0 spiro atoms. The van der Waals surface area contributed by atoms with Gasteiger partial charge in [0, 0.05) is 24.0 Å². The summed E-state index contributed by atoms with van der Waals surface area (Å²) in [5.74, 6) is 0.128. The summed E-state index contributed by atoms with van der Waals surface area (Å²) in [5.41, 5.74) is 2.25. The molecule has 132 valence electrons. The normalized spacial score (nSPS) is 10.4. The van der Waals surface area contributed by atoms with Crippen molar-refractivity contribution in [3.63, 3.8) is 0 Å². The minimum absolute atomic E-state index is 0.153. The SMILES string of the molecule is CCN(c1ccc(NC(=O)COc2ccccc2C=O)cc1)C(C)C. The number of hydrogen-bond acceptors (Lipinski definition) is 4. The van der Waals surface area contributed by atoms with Gasteiger partial charge in [0.05, 0.1) is 5.56 Å². The van der Waals surface area contributed by atoms with Crippen LogP contribution in [0.4, 0.5) is 11.4 Å². The van der Waals surface area contributed by atoms with Gasteiger partial charge in [0.25, 0.3) is 5.91 Å². The van der Waals surface area contributed by atoms with Crippen LogP contribution in [-0.4, -0.2) is 31.4 Å². The molecule has 25 heavy (non-hydrogen) atoms. The molecule has 0 heterocycles. The van der Waals surface area contributed by atoms with Crippen LogP contribution in [0.1, 0.15) is 31.1 Å². The van der Waals surface area contributed by atoms with Gasteiger partial charge in [-0.25, -0.2) is 0 Å². The van der Waals surface area contributed by atoms with Crippen molar-refractivity contribution >= 4 is 23.6 Å². The van der Waals surface area contributed by atoms with E-state index in [0.717, 1.165) is 12.2 Å². The van der Waals surface area contributed by atoms with Gasteiger partial charge in [0.1, 0.15) is 5.75 Å². The zero-order chi connectivity index (χ0) is 18.2. The third kappa shape index (κ3) is 5.08. The molecule has 0 aliphatic heterocycles. The van der Waals surface area contributed by atoms with Crippen molar-refractivity contribution < 1.29 is 14.3 Å². The van der Waals surface area contributed by atoms with E-state index in [1.165, 1.54) is 0 Å². The molecule has 0 atom stereocenters. The quantitative estimate of drug-likeness (QED) is 0.744. The van der Waals surface area contributed by atoms with Crippen LogP contribution in [0, 0.1) is 0 Å². The minimum atomic E-state index is -0.273. The van der Waals surface area contributed by atoms with Crippen molar-refractivity contribution in [2.24, 2.45) is 0 Å². The Balaban J connectivity index is 1.93. The molecule has 0 aliphatic rings. The molecule has 5 heteroatoms. The second-order valence-corrected chi connectivity index (χ2v) is 5.92. The standard InChI is InChI=1S/C20H24N2O3/c1-4-22(15(2)3)18-11-9-17(10-12-18)21-20(24)14-25-19-8-6-5-7-16(19)13-23/h5-13,15H,4,14H2,1-3H3,(H,21,24). The smallest absolute Gasteiger partial charge is 0.262 e. The zero-order valence-electron chi connectivity index (χ0n) is 14.9. The third-order valence-electron chi connectivity index (χ3n) is 3.85. The Bertz CT molecular complexity index is 711. The van der Waals surface area contributed by atoms with E-state index in [2.05, 4.69) is 31.0 Å². The van der Waals surface area contributed by atoms with Crippen LogP contribution in [0.25, 0.3) is 0 Å². The van der Waals surface area contributed by atoms with E-state index in [1.807, 2.05) is 24.3 Å². The van der Waals surface area contributed by atoms with Crippen molar-refractivity contribution in [2.45, 2.75) is 26.8 Å². The first-order chi connectivity index (χ1) is 12.0. The van der Waals surface area contributed by atoms with Crippen LogP contribution in [0.5, 0.6) is 5.75 Å². The minimum Gasteiger partial charge on any atom is -0.483 e. The summed E-state index contributed by atoms with van der Waals surface area (Å²) in [6, 6.07) is 14.9. The molecule has 2 aromatic carbocycles. The van der Waals surface area contributed by atoms with Crippen LogP contribution in [-0.2, 0) is 4.79 Å². The Labute approximate surface area is 148 Å². The van der Waals surface area contributed by atoms with Crippen LogP contribution in [0.2, 0.25) is 0 Å². The Morgan fingerprint density at radius 2 is 1.84 bits per heavy atom. The van der Waals surface area contributed by atoms with Gasteiger partial charge in [-0.2, -0.15) is 0 Å². The molecule has 2 aromatic rings. The molecule has 0 radical (unpaired) electrons. The Morgan fingerprint density at radius 3 is 2.44 bits per heavy atom. The average Bonchev–Trinajstić information content (AvgIpc) is 2.62. The number of nitrogens with zero attached hydrogens (tertiary/aromatic N) is 1. The van der Waals surface area contributed by atoms with Crippen molar-refractivity contribution in [2.75, 3.05) is 23.4 Å². The number of aldehydes is 1. The van der Waals surface area contributed by atoms with Gasteiger partial charge in [0.15, 0.2) is 12.9 Å². The maximum atomic E-state index is 12.0. The van der Waals surface area contributed by atoms with Gasteiger partial charge in [-0.1, -0.05) is 12.1 Å². The lowest BCUT2D eigenvalue weighted by atomic mass is 10.2. The Morgan fingerprint density at radius 1 is 1.16 bits per heavy atom. The van der Waals surface area contributed by atoms with Crippen LogP contribution in [0.3, 0.4) is 0 Å². The molecular formula is C20H24N2O3. The fraction of sp³-hybridized carbons (Fsp3) is 0.300. The van der Waals surface area contributed by atoms with Gasteiger partial charge in [0.2, 0.25) is 0 Å².